The third kappa shape index (κ3) is 5.61. The van der Waals surface area contributed by atoms with E-state index >= 15 is 0 Å². The number of ether oxygens (including phenoxy) is 1. The smallest absolute Gasteiger partial charge is 0.376 e. The SMILES string of the molecule is CC1Cn2c(C(=O)C(F)(F)F)ccc2C2(CCN(C(=O)c3ccc(COCCC(F)(F)F)cc3)CC2)N1C. The Balaban J connectivity index is 1.43. The lowest BCUT2D eigenvalue weighted by molar-refractivity contribution is -0.146. The van der Waals surface area contributed by atoms with E-state index in [1.165, 1.54) is 10.6 Å². The van der Waals surface area contributed by atoms with Crippen LogP contribution in [0.5, 0.6) is 0 Å². The molecular weight excluding hydrogens is 516 g/mol. The van der Waals surface area contributed by atoms with Crippen molar-refractivity contribution in [2.75, 3.05) is 26.7 Å². The number of carbonyl (C=O) groups excluding carboxylic acids is 2. The Bertz CT molecular complexity index is 1160. The summed E-state index contributed by atoms with van der Waals surface area (Å²) in [7, 11) is 1.92. The Morgan fingerprint density at radius 1 is 1.00 bits per heavy atom. The molecular formula is C26H29F6N3O3. The molecule has 3 heterocycles. The maximum Gasteiger partial charge on any atom is 0.456 e. The van der Waals surface area contributed by atoms with Gasteiger partial charge < -0.3 is 14.2 Å². The van der Waals surface area contributed by atoms with Gasteiger partial charge in [-0.25, -0.2) is 0 Å². The van der Waals surface area contributed by atoms with Crippen molar-refractivity contribution >= 4 is 11.7 Å². The minimum Gasteiger partial charge on any atom is -0.376 e. The van der Waals surface area contributed by atoms with Crippen LogP contribution in [-0.4, -0.2) is 71.2 Å². The van der Waals surface area contributed by atoms with E-state index in [1.54, 1.807) is 35.2 Å². The fraction of sp³-hybridized carbons (Fsp3) is 0.538. The van der Waals surface area contributed by atoms with Crippen molar-refractivity contribution < 1.29 is 40.7 Å². The Labute approximate surface area is 216 Å². The Hall–Kier alpha value is -2.86. The maximum absolute atomic E-state index is 13.2. The van der Waals surface area contributed by atoms with Gasteiger partial charge in [-0.1, -0.05) is 12.1 Å². The largest absolute Gasteiger partial charge is 0.456 e. The summed E-state index contributed by atoms with van der Waals surface area (Å²) in [5.74, 6) is -2.07. The second-order valence-corrected chi connectivity index (χ2v) is 9.94. The first-order valence-electron chi connectivity index (χ1n) is 12.3. The molecule has 0 bridgehead atoms. The summed E-state index contributed by atoms with van der Waals surface area (Å²) in [5, 5.41) is 0. The first-order chi connectivity index (χ1) is 17.7. The maximum atomic E-state index is 13.2. The van der Waals surface area contributed by atoms with Crippen LogP contribution in [-0.2, 0) is 23.4 Å². The molecule has 1 aromatic heterocycles. The zero-order chi connectivity index (χ0) is 27.9. The summed E-state index contributed by atoms with van der Waals surface area (Å²) < 4.78 is 82.7. The number of benzene rings is 1. The van der Waals surface area contributed by atoms with Crippen LogP contribution in [0, 0.1) is 0 Å². The van der Waals surface area contributed by atoms with Crippen LogP contribution in [0.2, 0.25) is 0 Å². The normalized spacial score (nSPS) is 20.0. The van der Waals surface area contributed by atoms with Gasteiger partial charge in [0, 0.05) is 36.9 Å². The minimum atomic E-state index is -4.96. The van der Waals surface area contributed by atoms with Gasteiger partial charge in [0.2, 0.25) is 0 Å². The zero-order valence-electron chi connectivity index (χ0n) is 21.0. The summed E-state index contributed by atoms with van der Waals surface area (Å²) in [4.78, 5) is 29.0. The summed E-state index contributed by atoms with van der Waals surface area (Å²) in [6.45, 7) is 2.45. The number of alkyl halides is 6. The number of nitrogens with zero attached hydrogens (tertiary/aromatic N) is 3. The fourth-order valence-corrected chi connectivity index (χ4v) is 5.40. The number of ketones is 1. The van der Waals surface area contributed by atoms with Crippen molar-refractivity contribution in [1.82, 2.24) is 14.4 Å². The van der Waals surface area contributed by atoms with E-state index in [0.29, 0.717) is 42.8 Å². The zero-order valence-corrected chi connectivity index (χ0v) is 21.0. The lowest BCUT2D eigenvalue weighted by Crippen LogP contribution is -2.59. The number of hydrogen-bond donors (Lipinski definition) is 0. The minimum absolute atomic E-state index is 0.000218. The van der Waals surface area contributed by atoms with E-state index in [-0.39, 0.29) is 30.8 Å². The van der Waals surface area contributed by atoms with Crippen LogP contribution in [0.3, 0.4) is 0 Å². The molecule has 1 unspecified atom stereocenters. The molecule has 38 heavy (non-hydrogen) atoms. The van der Waals surface area contributed by atoms with Crippen molar-refractivity contribution in [1.29, 1.82) is 0 Å². The molecule has 1 saturated heterocycles. The Morgan fingerprint density at radius 2 is 1.63 bits per heavy atom. The van der Waals surface area contributed by atoms with E-state index in [2.05, 4.69) is 4.90 Å². The molecule has 0 saturated carbocycles. The lowest BCUT2D eigenvalue weighted by Gasteiger charge is -2.53. The van der Waals surface area contributed by atoms with Gasteiger partial charge in [-0.05, 0) is 56.6 Å². The van der Waals surface area contributed by atoms with Crippen LogP contribution in [0.1, 0.15) is 58.3 Å². The number of aromatic nitrogens is 1. The predicted octanol–water partition coefficient (Wildman–Crippen LogP) is 5.17. The second kappa shape index (κ2) is 10.4. The van der Waals surface area contributed by atoms with Crippen LogP contribution in [0.15, 0.2) is 36.4 Å². The van der Waals surface area contributed by atoms with Gasteiger partial charge in [0.25, 0.3) is 11.7 Å². The number of Topliss-reactive ketones (excluding diaryl/α,β-unsaturated/α-hetero) is 1. The molecule has 1 fully saturated rings. The molecule has 1 spiro atoms. The molecule has 0 N–H and O–H groups in total. The highest BCUT2D eigenvalue weighted by atomic mass is 19.4. The van der Waals surface area contributed by atoms with Gasteiger partial charge in [0.15, 0.2) is 0 Å². The number of piperidine rings is 1. The van der Waals surface area contributed by atoms with E-state index in [1.807, 2.05) is 14.0 Å². The number of rotatable bonds is 6. The first-order valence-corrected chi connectivity index (χ1v) is 12.3. The number of likely N-dealkylation sites (N-methyl/N-ethyl adjacent to an activating group) is 1. The average molecular weight is 546 g/mol. The highest BCUT2D eigenvalue weighted by molar-refractivity contribution is 5.99. The number of fused-ring (bicyclic) bond motifs is 2. The van der Waals surface area contributed by atoms with Gasteiger partial charge in [0.1, 0.15) is 0 Å². The molecule has 4 rings (SSSR count). The van der Waals surface area contributed by atoms with Crippen molar-refractivity contribution in [3.8, 4) is 0 Å². The van der Waals surface area contributed by atoms with E-state index < -0.39 is 36.7 Å². The van der Waals surface area contributed by atoms with Crippen molar-refractivity contribution in [2.24, 2.45) is 0 Å². The molecule has 6 nitrogen and oxygen atoms in total. The first kappa shape index (κ1) is 28.2. The van der Waals surface area contributed by atoms with E-state index in [4.69, 9.17) is 4.74 Å². The Kier molecular flexibility index (Phi) is 7.68. The number of likely N-dealkylation sites (tertiary alicyclic amines) is 1. The molecule has 2 aliphatic rings. The van der Waals surface area contributed by atoms with Crippen LogP contribution < -0.4 is 0 Å². The molecule has 1 atom stereocenters. The van der Waals surface area contributed by atoms with Gasteiger partial charge in [0.05, 0.1) is 30.9 Å². The van der Waals surface area contributed by atoms with Gasteiger partial charge in [-0.3, -0.25) is 14.5 Å². The van der Waals surface area contributed by atoms with Crippen LogP contribution in [0.4, 0.5) is 26.3 Å². The standard InChI is InChI=1S/C26H29F6N3O3/c1-17-15-35-20(22(36)26(30,31)32)7-8-21(35)24(33(17)2)9-12-34(13-10-24)23(37)19-5-3-18(4-6-19)16-38-14-11-25(27,28)29/h3-8,17H,9-16H2,1-2H3. The molecule has 208 valence electrons. The van der Waals surface area contributed by atoms with Crippen molar-refractivity contribution in [3.63, 3.8) is 0 Å². The number of carbonyl (C=O) groups is 2. The number of halogens is 6. The molecule has 2 aromatic rings. The van der Waals surface area contributed by atoms with Gasteiger partial charge in [-0.15, -0.1) is 0 Å². The molecule has 0 aliphatic carbocycles. The Morgan fingerprint density at radius 3 is 2.21 bits per heavy atom. The molecule has 2 aliphatic heterocycles. The molecule has 1 aromatic carbocycles. The quantitative estimate of drug-likeness (QED) is 0.286. The van der Waals surface area contributed by atoms with E-state index in [9.17, 15) is 35.9 Å². The summed E-state index contributed by atoms with van der Waals surface area (Å²) in [6.07, 6.45) is -9.31. The summed E-state index contributed by atoms with van der Waals surface area (Å²) in [5.41, 5.74) is 0.729. The van der Waals surface area contributed by atoms with Gasteiger partial charge >= 0.3 is 12.4 Å². The predicted molar refractivity (Wildman–Crippen MR) is 126 cm³/mol. The summed E-state index contributed by atoms with van der Waals surface area (Å²) in [6, 6.07) is 9.18. The van der Waals surface area contributed by atoms with Crippen molar-refractivity contribution in [2.45, 2.75) is 63.3 Å². The topological polar surface area (TPSA) is 54.8 Å². The lowest BCUT2D eigenvalue weighted by atomic mass is 9.80. The second-order valence-electron chi connectivity index (χ2n) is 9.94. The molecule has 12 heteroatoms. The van der Waals surface area contributed by atoms with Gasteiger partial charge in [-0.2, -0.15) is 26.3 Å². The highest BCUT2D eigenvalue weighted by Gasteiger charge is 2.49. The van der Waals surface area contributed by atoms with Crippen LogP contribution >= 0.6 is 0 Å². The van der Waals surface area contributed by atoms with Crippen LogP contribution in [0.25, 0.3) is 0 Å². The third-order valence-electron chi connectivity index (χ3n) is 7.61. The number of hydrogen-bond acceptors (Lipinski definition) is 4. The highest BCUT2D eigenvalue weighted by Crippen LogP contribution is 2.44. The number of amides is 1. The fourth-order valence-electron chi connectivity index (χ4n) is 5.40. The summed E-state index contributed by atoms with van der Waals surface area (Å²) >= 11 is 0. The van der Waals surface area contributed by atoms with E-state index in [0.717, 1.165) is 0 Å². The molecule has 1 amide bonds. The average Bonchev–Trinajstić information content (AvgIpc) is 3.28. The monoisotopic (exact) mass is 545 g/mol. The third-order valence-corrected chi connectivity index (χ3v) is 7.61. The molecule has 0 radical (unpaired) electrons. The van der Waals surface area contributed by atoms with Crippen molar-refractivity contribution in [3.05, 3.63) is 58.9 Å².